The van der Waals surface area contributed by atoms with Gasteiger partial charge >= 0.3 is 0 Å². The lowest BCUT2D eigenvalue weighted by atomic mass is 10.1. The summed E-state index contributed by atoms with van der Waals surface area (Å²) in [6.07, 6.45) is 0.161. The van der Waals surface area contributed by atoms with Crippen molar-refractivity contribution in [1.29, 1.82) is 0 Å². The van der Waals surface area contributed by atoms with Crippen LogP contribution in [0.25, 0.3) is 0 Å². The second-order valence-corrected chi connectivity index (χ2v) is 3.59. The summed E-state index contributed by atoms with van der Waals surface area (Å²) in [4.78, 5) is 4.63. The monoisotopic (exact) mass is 195 g/mol. The Balaban J connectivity index is 2.89. The van der Waals surface area contributed by atoms with E-state index in [1.165, 1.54) is 5.56 Å². The lowest BCUT2D eigenvalue weighted by Gasteiger charge is -2.14. The molecule has 3 heteroatoms. The van der Waals surface area contributed by atoms with Crippen LogP contribution in [0, 0.1) is 6.92 Å². The summed E-state index contributed by atoms with van der Waals surface area (Å²) in [7, 11) is 0. The minimum Gasteiger partial charge on any atom is -0.491 e. The Labute approximate surface area is 84.8 Å². The smallest absolute Gasteiger partial charge is 0.125 e. The first-order valence-electron chi connectivity index (χ1n) is 4.71. The number of benzene rings is 1. The molecule has 78 valence electrons. The Morgan fingerprint density at radius 3 is 2.64 bits per heavy atom. The molecule has 0 aliphatic heterocycles. The number of ether oxygens (including phenoxy) is 1. The fourth-order valence-electron chi connectivity index (χ4n) is 1.28. The predicted molar refractivity (Wildman–Crippen MR) is 55.9 cm³/mol. The van der Waals surface area contributed by atoms with Crippen LogP contribution in [0.3, 0.4) is 0 Å². The molecule has 0 bridgehead atoms. The topological polar surface area (TPSA) is 44.5 Å². The molecular formula is C11H17NO2. The van der Waals surface area contributed by atoms with Gasteiger partial charge in [-0.3, -0.25) is 4.84 Å². The van der Waals surface area contributed by atoms with Crippen molar-refractivity contribution in [2.75, 3.05) is 0 Å². The second-order valence-electron chi connectivity index (χ2n) is 3.59. The number of nitrogens with two attached hydrogens (primary N) is 1. The minimum atomic E-state index is 0.161. The first-order chi connectivity index (χ1) is 6.63. The molecule has 0 atom stereocenters. The van der Waals surface area contributed by atoms with Crippen molar-refractivity contribution in [2.45, 2.75) is 33.5 Å². The zero-order valence-electron chi connectivity index (χ0n) is 8.91. The third-order valence-electron chi connectivity index (χ3n) is 1.82. The van der Waals surface area contributed by atoms with Crippen LogP contribution in [0.2, 0.25) is 0 Å². The van der Waals surface area contributed by atoms with Gasteiger partial charge in [0.25, 0.3) is 0 Å². The molecule has 0 aliphatic rings. The number of aryl methyl sites for hydroxylation is 1. The van der Waals surface area contributed by atoms with Crippen molar-refractivity contribution in [3.8, 4) is 5.75 Å². The maximum absolute atomic E-state index is 5.62. The van der Waals surface area contributed by atoms with Gasteiger partial charge in [-0.15, -0.1) is 0 Å². The van der Waals surface area contributed by atoms with Crippen LogP contribution in [0.1, 0.15) is 25.0 Å². The van der Waals surface area contributed by atoms with Crippen LogP contribution in [0.4, 0.5) is 0 Å². The number of hydrogen-bond donors (Lipinski definition) is 1. The summed E-state index contributed by atoms with van der Waals surface area (Å²) in [5.41, 5.74) is 2.16. The molecule has 0 unspecified atom stereocenters. The zero-order chi connectivity index (χ0) is 10.6. The van der Waals surface area contributed by atoms with Crippen LogP contribution < -0.4 is 10.6 Å². The highest BCUT2D eigenvalue weighted by Crippen LogP contribution is 2.21. The molecule has 0 fully saturated rings. The van der Waals surface area contributed by atoms with Crippen molar-refractivity contribution < 1.29 is 9.57 Å². The van der Waals surface area contributed by atoms with E-state index in [2.05, 4.69) is 4.84 Å². The first-order valence-corrected chi connectivity index (χ1v) is 4.71. The zero-order valence-corrected chi connectivity index (χ0v) is 8.91. The van der Waals surface area contributed by atoms with E-state index in [9.17, 15) is 0 Å². The molecule has 0 radical (unpaired) electrons. The predicted octanol–water partition coefficient (Wildman–Crippen LogP) is 2.17. The van der Waals surface area contributed by atoms with E-state index in [0.29, 0.717) is 6.61 Å². The summed E-state index contributed by atoms with van der Waals surface area (Å²) < 4.78 is 5.62. The van der Waals surface area contributed by atoms with Gasteiger partial charge < -0.3 is 4.74 Å². The average Bonchev–Trinajstić information content (AvgIpc) is 2.09. The van der Waals surface area contributed by atoms with Gasteiger partial charge in [0.2, 0.25) is 0 Å². The van der Waals surface area contributed by atoms with Crippen molar-refractivity contribution >= 4 is 0 Å². The van der Waals surface area contributed by atoms with E-state index >= 15 is 0 Å². The van der Waals surface area contributed by atoms with Crippen molar-refractivity contribution in [2.24, 2.45) is 5.90 Å². The molecule has 14 heavy (non-hydrogen) atoms. The van der Waals surface area contributed by atoms with E-state index in [4.69, 9.17) is 10.6 Å². The molecule has 2 N–H and O–H groups in total. The molecule has 0 amide bonds. The minimum absolute atomic E-state index is 0.161. The summed E-state index contributed by atoms with van der Waals surface area (Å²) >= 11 is 0. The van der Waals surface area contributed by atoms with Crippen molar-refractivity contribution in [3.63, 3.8) is 0 Å². The van der Waals surface area contributed by atoms with Crippen LogP contribution in [-0.4, -0.2) is 6.10 Å². The lowest BCUT2D eigenvalue weighted by molar-refractivity contribution is 0.119. The fraction of sp³-hybridized carbons (Fsp3) is 0.455. The molecule has 0 heterocycles. The van der Waals surface area contributed by atoms with Gasteiger partial charge in [0.05, 0.1) is 12.7 Å². The van der Waals surface area contributed by atoms with Crippen LogP contribution in [0.15, 0.2) is 18.2 Å². The summed E-state index contributed by atoms with van der Waals surface area (Å²) in [5, 5.41) is 0. The Kier molecular flexibility index (Phi) is 3.92. The third-order valence-corrected chi connectivity index (χ3v) is 1.82. The quantitative estimate of drug-likeness (QED) is 0.749. The maximum Gasteiger partial charge on any atom is 0.125 e. The highest BCUT2D eigenvalue weighted by molar-refractivity contribution is 5.36. The SMILES string of the molecule is Cc1ccc(OC(C)C)c(CON)c1. The van der Waals surface area contributed by atoms with E-state index in [1.807, 2.05) is 39.0 Å². The average molecular weight is 195 g/mol. The Bertz CT molecular complexity index is 297. The van der Waals surface area contributed by atoms with Crippen molar-refractivity contribution in [3.05, 3.63) is 29.3 Å². The Morgan fingerprint density at radius 1 is 1.36 bits per heavy atom. The van der Waals surface area contributed by atoms with E-state index in [-0.39, 0.29) is 6.10 Å². The van der Waals surface area contributed by atoms with Gasteiger partial charge in [-0.05, 0) is 32.9 Å². The van der Waals surface area contributed by atoms with E-state index in [0.717, 1.165) is 11.3 Å². The fourth-order valence-corrected chi connectivity index (χ4v) is 1.28. The van der Waals surface area contributed by atoms with Crippen LogP contribution >= 0.6 is 0 Å². The third kappa shape index (κ3) is 3.01. The van der Waals surface area contributed by atoms with Gasteiger partial charge in [-0.1, -0.05) is 11.6 Å². The summed E-state index contributed by atoms with van der Waals surface area (Å²) in [6.45, 7) is 6.39. The highest BCUT2D eigenvalue weighted by Gasteiger charge is 2.05. The molecule has 0 spiro atoms. The molecule has 1 rings (SSSR count). The second kappa shape index (κ2) is 4.98. The number of hydrogen-bond acceptors (Lipinski definition) is 3. The van der Waals surface area contributed by atoms with Crippen LogP contribution in [-0.2, 0) is 11.4 Å². The van der Waals surface area contributed by atoms with Gasteiger partial charge in [0.15, 0.2) is 0 Å². The van der Waals surface area contributed by atoms with Gasteiger partial charge in [0, 0.05) is 5.56 Å². The standard InChI is InChI=1S/C11H17NO2/c1-8(2)14-11-5-4-9(3)6-10(11)7-13-12/h4-6,8H,7,12H2,1-3H3. The molecule has 3 nitrogen and oxygen atoms in total. The summed E-state index contributed by atoms with van der Waals surface area (Å²) in [6, 6.07) is 5.98. The van der Waals surface area contributed by atoms with Crippen molar-refractivity contribution in [1.82, 2.24) is 0 Å². The number of rotatable bonds is 4. The molecule has 0 aromatic heterocycles. The van der Waals surface area contributed by atoms with Gasteiger partial charge in [0.1, 0.15) is 5.75 Å². The highest BCUT2D eigenvalue weighted by atomic mass is 16.6. The maximum atomic E-state index is 5.62. The molecule has 0 saturated heterocycles. The first kappa shape index (κ1) is 11.0. The Hall–Kier alpha value is -1.06. The molecule has 1 aromatic rings. The molecule has 0 saturated carbocycles. The van der Waals surface area contributed by atoms with Crippen LogP contribution in [0.5, 0.6) is 5.75 Å². The normalized spacial score (nSPS) is 10.6. The van der Waals surface area contributed by atoms with E-state index < -0.39 is 0 Å². The van der Waals surface area contributed by atoms with Gasteiger partial charge in [-0.2, -0.15) is 0 Å². The lowest BCUT2D eigenvalue weighted by Crippen LogP contribution is -2.09. The molecular weight excluding hydrogens is 178 g/mol. The van der Waals surface area contributed by atoms with E-state index in [1.54, 1.807) is 0 Å². The summed E-state index contributed by atoms with van der Waals surface area (Å²) in [5.74, 6) is 5.90. The molecule has 1 aromatic carbocycles. The largest absolute Gasteiger partial charge is 0.491 e. The molecule has 0 aliphatic carbocycles. The Morgan fingerprint density at radius 2 is 2.07 bits per heavy atom. The van der Waals surface area contributed by atoms with Gasteiger partial charge in [-0.25, -0.2) is 5.90 Å².